The van der Waals surface area contributed by atoms with E-state index in [1.807, 2.05) is 0 Å². The molecule has 0 heterocycles. The van der Waals surface area contributed by atoms with Gasteiger partial charge in [-0.25, -0.2) is 0 Å². The number of carbonyl (C=O) groups is 1. The van der Waals surface area contributed by atoms with Crippen molar-refractivity contribution in [2.24, 2.45) is 0 Å². The predicted octanol–water partition coefficient (Wildman–Crippen LogP) is 3.17. The molecule has 0 aliphatic heterocycles. The first-order chi connectivity index (χ1) is 9.46. The number of carbonyl (C=O) groups excluding carboxylic acids is 1. The van der Waals surface area contributed by atoms with Crippen LogP contribution in [0.5, 0.6) is 0 Å². The number of halogens is 12. The number of rotatable bonds is 2. The lowest BCUT2D eigenvalue weighted by molar-refractivity contribution is -0.344. The van der Waals surface area contributed by atoms with Gasteiger partial charge in [0.2, 0.25) is 4.99 Å². The fourth-order valence-corrected chi connectivity index (χ4v) is 1.01. The van der Waals surface area contributed by atoms with E-state index >= 15 is 0 Å². The van der Waals surface area contributed by atoms with Crippen molar-refractivity contribution in [1.82, 2.24) is 10.9 Å². The highest BCUT2D eigenvalue weighted by Gasteiger charge is 2.76. The molecule has 0 aromatic heterocycles. The molecule has 0 rings (SSSR count). The van der Waals surface area contributed by atoms with E-state index < -0.39 is 46.3 Å². The molecule has 132 valence electrons. The van der Waals surface area contributed by atoms with Crippen LogP contribution in [0.1, 0.15) is 0 Å². The van der Waals surface area contributed by atoms with E-state index in [0.717, 1.165) is 0 Å². The maximum absolute atomic E-state index is 12.6. The first-order valence-electron chi connectivity index (χ1n) is 4.36. The predicted molar refractivity (Wildman–Crippen MR) is 48.1 cm³/mol. The molecule has 0 saturated carbocycles. The van der Waals surface area contributed by atoms with E-state index in [9.17, 15) is 56.5 Å². The standard InChI is InChI=1S/C6H2F12N2OS/c7-3(8,5(12,13)6(14,15)16)1(21)19-20-2(22(17)18)4(9,10)11/h20H,(H,19,21). The summed E-state index contributed by atoms with van der Waals surface area (Å²) in [6.45, 7) is 0. The topological polar surface area (TPSA) is 41.1 Å². The Balaban J connectivity index is 5.28. The molecule has 16 heteroatoms. The number of nitrogens with one attached hydrogen (secondary N) is 2. The molecule has 0 fully saturated rings. The van der Waals surface area contributed by atoms with Crippen LogP contribution in [0.25, 0.3) is 0 Å². The molecule has 0 aliphatic rings. The van der Waals surface area contributed by atoms with Crippen LogP contribution in [-0.2, 0) is 4.79 Å². The van der Waals surface area contributed by atoms with Crippen molar-refractivity contribution in [3.8, 4) is 0 Å². The van der Waals surface area contributed by atoms with Gasteiger partial charge in [-0.15, -0.1) is 7.77 Å². The number of alkyl halides is 10. The van der Waals surface area contributed by atoms with Crippen LogP contribution in [0.15, 0.2) is 0 Å². The molecule has 22 heavy (non-hydrogen) atoms. The van der Waals surface area contributed by atoms with Gasteiger partial charge in [-0.2, -0.15) is 49.3 Å². The van der Waals surface area contributed by atoms with Crippen LogP contribution in [0.2, 0.25) is 0 Å². The molecule has 1 amide bonds. The van der Waals surface area contributed by atoms with Gasteiger partial charge in [0.1, 0.15) is 0 Å². The number of hydrogen-bond donors (Lipinski definition) is 2. The van der Waals surface area contributed by atoms with Crippen molar-refractivity contribution < 1.29 is 56.5 Å². The van der Waals surface area contributed by atoms with Crippen LogP contribution in [-0.4, -0.2) is 35.1 Å². The fourth-order valence-electron chi connectivity index (χ4n) is 0.710. The van der Waals surface area contributed by atoms with Crippen molar-refractivity contribution in [1.29, 1.82) is 0 Å². The molecular weight excluding hydrogens is 376 g/mol. The van der Waals surface area contributed by atoms with Crippen molar-refractivity contribution >= 4 is 22.2 Å². The maximum atomic E-state index is 12.6. The lowest BCUT2D eigenvalue weighted by Crippen LogP contribution is -2.62. The van der Waals surface area contributed by atoms with Gasteiger partial charge in [0.05, 0.1) is 0 Å². The fraction of sp³-hybridized carbons (Fsp3) is 0.667. The lowest BCUT2D eigenvalue weighted by Gasteiger charge is -2.27. The maximum Gasteiger partial charge on any atom is 0.460 e. The average Bonchev–Trinajstić information content (AvgIpc) is 2.24. The van der Waals surface area contributed by atoms with Crippen molar-refractivity contribution in [3.05, 3.63) is 0 Å². The summed E-state index contributed by atoms with van der Waals surface area (Å²) in [6, 6.07) is 0. The number of hydrazine groups is 1. The highest BCUT2D eigenvalue weighted by atomic mass is 32.2. The lowest BCUT2D eigenvalue weighted by atomic mass is 10.1. The first-order valence-corrected chi connectivity index (χ1v) is 5.38. The summed E-state index contributed by atoms with van der Waals surface area (Å²) < 4.78 is 144. The van der Waals surface area contributed by atoms with Crippen LogP contribution in [0.4, 0.5) is 51.7 Å². The van der Waals surface area contributed by atoms with Gasteiger partial charge in [-0.3, -0.25) is 10.2 Å². The zero-order valence-electron chi connectivity index (χ0n) is 9.35. The summed E-state index contributed by atoms with van der Waals surface area (Å²) in [7, 11) is 0. The Hall–Kier alpha value is -1.19. The number of hydrogen-bond acceptors (Lipinski definition) is 1. The summed E-state index contributed by atoms with van der Waals surface area (Å²) in [5, 5.41) is 0. The molecule has 0 saturated heterocycles. The van der Waals surface area contributed by atoms with Crippen molar-refractivity contribution in [3.63, 3.8) is 0 Å². The Morgan fingerprint density at radius 1 is 0.773 bits per heavy atom. The van der Waals surface area contributed by atoms with E-state index in [4.69, 9.17) is 0 Å². The second-order valence-corrected chi connectivity index (χ2v) is 4.10. The summed E-state index contributed by atoms with van der Waals surface area (Å²) in [5.74, 6) is -17.1. The highest BCUT2D eigenvalue weighted by molar-refractivity contribution is 8.07. The van der Waals surface area contributed by atoms with Gasteiger partial charge in [0.15, 0.2) is 11.3 Å². The molecular formula is C6H2F12N2OS. The van der Waals surface area contributed by atoms with Crippen LogP contribution in [0.3, 0.4) is 0 Å². The highest BCUT2D eigenvalue weighted by Crippen LogP contribution is 2.46. The molecule has 0 bridgehead atoms. The minimum Gasteiger partial charge on any atom is -0.281 e. The van der Waals surface area contributed by atoms with E-state index in [0.29, 0.717) is 0 Å². The molecule has 0 radical (unpaired) electrons. The minimum atomic E-state index is -6.95. The monoisotopic (exact) mass is 378 g/mol. The molecule has 2 N–H and O–H groups in total. The molecule has 0 aromatic rings. The summed E-state index contributed by atoms with van der Waals surface area (Å²) in [4.78, 5) is 7.46. The van der Waals surface area contributed by atoms with Crippen LogP contribution in [0, 0.1) is 0 Å². The Morgan fingerprint density at radius 2 is 1.18 bits per heavy atom. The van der Waals surface area contributed by atoms with E-state index in [-0.39, 0.29) is 10.9 Å². The van der Waals surface area contributed by atoms with Crippen molar-refractivity contribution in [2.75, 3.05) is 0 Å². The average molecular weight is 378 g/mol. The van der Waals surface area contributed by atoms with Gasteiger partial charge in [0.25, 0.3) is 0 Å². The summed E-state index contributed by atoms with van der Waals surface area (Å²) in [6.07, 6.45) is -12.8. The summed E-state index contributed by atoms with van der Waals surface area (Å²) in [5.41, 5.74) is 0.202. The molecule has 0 atom stereocenters. The molecule has 0 spiro atoms. The van der Waals surface area contributed by atoms with Gasteiger partial charge in [-0.05, 0) is 0 Å². The van der Waals surface area contributed by atoms with Crippen molar-refractivity contribution in [2.45, 2.75) is 24.2 Å². The summed E-state index contributed by atoms with van der Waals surface area (Å²) >= 11 is -4.69. The van der Waals surface area contributed by atoms with Crippen LogP contribution >= 0.6 is 11.3 Å². The van der Waals surface area contributed by atoms with E-state index in [1.54, 1.807) is 0 Å². The third kappa shape index (κ3) is 4.17. The Bertz CT molecular complexity index is 461. The number of amides is 1. The third-order valence-electron chi connectivity index (χ3n) is 1.74. The molecule has 0 unspecified atom stereocenters. The molecule has 0 aliphatic carbocycles. The Kier molecular flexibility index (Phi) is 5.80. The smallest absolute Gasteiger partial charge is 0.281 e. The van der Waals surface area contributed by atoms with Gasteiger partial charge in [0, 0.05) is 0 Å². The van der Waals surface area contributed by atoms with E-state index in [1.165, 1.54) is 0 Å². The quantitative estimate of drug-likeness (QED) is 0.440. The first kappa shape index (κ1) is 20.8. The van der Waals surface area contributed by atoms with E-state index in [2.05, 4.69) is 0 Å². The van der Waals surface area contributed by atoms with Gasteiger partial charge >= 0.3 is 30.1 Å². The Labute approximate surface area is 115 Å². The van der Waals surface area contributed by atoms with Gasteiger partial charge < -0.3 is 0 Å². The molecule has 3 nitrogen and oxygen atoms in total. The Morgan fingerprint density at radius 3 is 1.45 bits per heavy atom. The second-order valence-electron chi connectivity index (χ2n) is 3.27. The largest absolute Gasteiger partial charge is 0.460 e. The van der Waals surface area contributed by atoms with Gasteiger partial charge in [-0.1, -0.05) is 0 Å². The third-order valence-corrected chi connectivity index (χ3v) is 2.38. The minimum absolute atomic E-state index is 0.0401. The second kappa shape index (κ2) is 6.13. The SMILES string of the molecule is O=C(NNC(=S(F)F)C(F)(F)F)C(F)(F)C(F)(F)C(F)(F)F. The zero-order chi connectivity index (χ0) is 18.1. The normalized spacial score (nSPS) is 14.2. The molecule has 0 aromatic carbocycles. The van der Waals surface area contributed by atoms with Crippen LogP contribution < -0.4 is 10.9 Å². The zero-order valence-corrected chi connectivity index (χ0v) is 10.2.